The zero-order chi connectivity index (χ0) is 27.6. The fraction of sp³-hybridized carbons (Fsp3) is 0.269. The number of nitrogens with zero attached hydrogens (tertiary/aromatic N) is 2. The molecular formula is C26H21N5O8. The minimum absolute atomic E-state index is 0.129. The number of imide groups is 3. The summed E-state index contributed by atoms with van der Waals surface area (Å²) in [5.41, 5.74) is 4.94. The maximum absolute atomic E-state index is 12.6. The number of rotatable bonds is 1. The van der Waals surface area contributed by atoms with E-state index in [1.165, 1.54) is 4.90 Å². The number of carbonyl (C=O) groups is 7. The maximum Gasteiger partial charge on any atom is 0.407 e. The van der Waals surface area contributed by atoms with E-state index in [9.17, 15) is 33.6 Å². The van der Waals surface area contributed by atoms with Gasteiger partial charge in [0.25, 0.3) is 23.6 Å². The molecule has 1 saturated heterocycles. The minimum Gasteiger partial charge on any atom is -0.465 e. The van der Waals surface area contributed by atoms with Gasteiger partial charge in [0.1, 0.15) is 6.04 Å². The average molecular weight is 531 g/mol. The van der Waals surface area contributed by atoms with E-state index in [4.69, 9.17) is 5.11 Å². The van der Waals surface area contributed by atoms with Crippen LogP contribution in [-0.2, 0) is 35.8 Å². The van der Waals surface area contributed by atoms with Crippen LogP contribution in [0.1, 0.15) is 76.5 Å². The monoisotopic (exact) mass is 531 g/mol. The summed E-state index contributed by atoms with van der Waals surface area (Å²) in [5.74, 6) is -2.69. The molecule has 0 saturated carbocycles. The minimum atomic E-state index is -1.00. The number of benzene rings is 2. The molecule has 0 spiro atoms. The summed E-state index contributed by atoms with van der Waals surface area (Å²) in [6.45, 7) is 1.86. The highest BCUT2D eigenvalue weighted by molar-refractivity contribution is 6.24. The van der Waals surface area contributed by atoms with E-state index in [2.05, 4.69) is 16.0 Å². The zero-order valence-electron chi connectivity index (χ0n) is 20.3. The number of hydrogen-bond donors (Lipinski definition) is 4. The highest BCUT2D eigenvalue weighted by atomic mass is 16.4. The van der Waals surface area contributed by atoms with Gasteiger partial charge in [0.15, 0.2) is 0 Å². The molecule has 0 radical (unpaired) electrons. The summed E-state index contributed by atoms with van der Waals surface area (Å²) in [6, 6.07) is 5.77. The summed E-state index contributed by atoms with van der Waals surface area (Å²) in [4.78, 5) is 84.2. The molecule has 1 unspecified atom stereocenters. The Morgan fingerprint density at radius 1 is 0.744 bits per heavy atom. The number of amides is 7. The van der Waals surface area contributed by atoms with Crippen molar-refractivity contribution < 1.29 is 38.7 Å². The molecule has 7 rings (SSSR count). The predicted octanol–water partition coefficient (Wildman–Crippen LogP) is 0.255. The van der Waals surface area contributed by atoms with Crippen LogP contribution in [0.15, 0.2) is 24.3 Å². The first-order chi connectivity index (χ1) is 18.6. The summed E-state index contributed by atoms with van der Waals surface area (Å²) in [7, 11) is 0. The molecule has 13 nitrogen and oxygen atoms in total. The Bertz CT molecular complexity index is 1480. The predicted molar refractivity (Wildman–Crippen MR) is 129 cm³/mol. The van der Waals surface area contributed by atoms with Crippen LogP contribution < -0.4 is 16.0 Å². The van der Waals surface area contributed by atoms with Crippen LogP contribution in [-0.4, -0.2) is 62.5 Å². The second kappa shape index (κ2) is 8.84. The molecule has 39 heavy (non-hydrogen) atoms. The third-order valence-corrected chi connectivity index (χ3v) is 7.44. The van der Waals surface area contributed by atoms with Crippen LogP contribution in [0.2, 0.25) is 0 Å². The van der Waals surface area contributed by atoms with E-state index in [-0.39, 0.29) is 31.8 Å². The van der Waals surface area contributed by atoms with Crippen LogP contribution in [0.25, 0.3) is 0 Å². The first kappa shape index (κ1) is 24.4. The largest absolute Gasteiger partial charge is 0.465 e. The Morgan fingerprint density at radius 2 is 1.26 bits per heavy atom. The number of carboxylic acid groups (broad SMARTS) is 1. The molecule has 4 N–H and O–H groups in total. The molecule has 2 aromatic rings. The topological polar surface area (TPSA) is 182 Å². The van der Waals surface area contributed by atoms with Crippen molar-refractivity contribution >= 4 is 41.5 Å². The molecule has 0 aliphatic carbocycles. The van der Waals surface area contributed by atoms with Crippen LogP contribution in [0.4, 0.5) is 4.79 Å². The summed E-state index contributed by atoms with van der Waals surface area (Å²) >= 11 is 0. The van der Waals surface area contributed by atoms with E-state index in [1.807, 2.05) is 0 Å². The van der Waals surface area contributed by atoms with Crippen molar-refractivity contribution in [2.45, 2.75) is 45.1 Å². The smallest absolute Gasteiger partial charge is 0.407 e. The molecule has 2 aromatic carbocycles. The highest BCUT2D eigenvalue weighted by Gasteiger charge is 2.45. The van der Waals surface area contributed by atoms with E-state index in [0.717, 1.165) is 27.2 Å². The molecular weight excluding hydrogens is 510 g/mol. The number of fused-ring (bicyclic) bond motifs is 4. The van der Waals surface area contributed by atoms with Crippen molar-refractivity contribution in [3.05, 3.63) is 68.8 Å². The summed E-state index contributed by atoms with van der Waals surface area (Å²) < 4.78 is 0. The number of piperidine rings is 1. The van der Waals surface area contributed by atoms with Gasteiger partial charge in [-0.05, 0) is 52.9 Å². The Hall–Kier alpha value is -4.91. The van der Waals surface area contributed by atoms with Crippen molar-refractivity contribution in [3.8, 4) is 0 Å². The van der Waals surface area contributed by atoms with Crippen molar-refractivity contribution in [2.75, 3.05) is 0 Å². The standard InChI is InChI=1S/C15H13N3O4.C11H8N2O4/c19-12-2-1-11(13(20)17-12)18-14(21)9-3-7-5-16-6-8(7)4-10(9)15(18)22;14-9-7-1-5-3-13(11(16)17)4-6(5)2-8(7)10(15)12-9/h3-4,11,16H,1-2,5-6H2,(H,17,19,20);1-2H,3-4H2,(H,16,17)(H,12,14,15). The number of nitrogens with one attached hydrogen (secondary N) is 3. The van der Waals surface area contributed by atoms with Gasteiger partial charge in [-0.15, -0.1) is 0 Å². The molecule has 0 aromatic heterocycles. The van der Waals surface area contributed by atoms with Gasteiger partial charge in [-0.25, -0.2) is 4.79 Å². The van der Waals surface area contributed by atoms with Gasteiger partial charge in [0.05, 0.1) is 22.3 Å². The molecule has 5 aliphatic heterocycles. The summed E-state index contributed by atoms with van der Waals surface area (Å²) in [5, 5.41) is 16.4. The molecule has 198 valence electrons. The van der Waals surface area contributed by atoms with Gasteiger partial charge in [-0.3, -0.25) is 49.2 Å². The van der Waals surface area contributed by atoms with E-state index in [0.29, 0.717) is 35.3 Å². The lowest BCUT2D eigenvalue weighted by Gasteiger charge is -2.27. The second-order valence-corrected chi connectivity index (χ2v) is 9.81. The van der Waals surface area contributed by atoms with Crippen molar-refractivity contribution in [1.82, 2.24) is 25.8 Å². The number of carbonyl (C=O) groups excluding carboxylic acids is 6. The normalized spacial score (nSPS) is 20.7. The number of hydrogen-bond acceptors (Lipinski definition) is 8. The van der Waals surface area contributed by atoms with Gasteiger partial charge in [0.2, 0.25) is 11.8 Å². The van der Waals surface area contributed by atoms with Crippen LogP contribution in [0.3, 0.4) is 0 Å². The third kappa shape index (κ3) is 3.94. The lowest BCUT2D eigenvalue weighted by molar-refractivity contribution is -0.136. The van der Waals surface area contributed by atoms with Gasteiger partial charge in [0, 0.05) is 32.6 Å². The molecule has 5 aliphatic rings. The Kier molecular flexibility index (Phi) is 5.54. The van der Waals surface area contributed by atoms with Gasteiger partial charge in [-0.1, -0.05) is 0 Å². The van der Waals surface area contributed by atoms with E-state index < -0.39 is 41.7 Å². The Labute approximate surface area is 220 Å². The van der Waals surface area contributed by atoms with Gasteiger partial charge < -0.3 is 10.4 Å². The molecule has 1 fully saturated rings. The van der Waals surface area contributed by atoms with Crippen molar-refractivity contribution in [1.29, 1.82) is 0 Å². The SMILES string of the molecule is O=C1CCC(N2C(=O)c3cc4c(cc3C2=O)CNC4)C(=O)N1.O=C1NC(=O)c2cc3c(cc21)CN(C(=O)O)C3. The summed E-state index contributed by atoms with van der Waals surface area (Å²) in [6.07, 6.45) is -0.695. The lowest BCUT2D eigenvalue weighted by atomic mass is 10.0. The first-order valence-electron chi connectivity index (χ1n) is 12.2. The molecule has 0 bridgehead atoms. The molecule has 5 heterocycles. The highest BCUT2D eigenvalue weighted by Crippen LogP contribution is 2.31. The first-order valence-corrected chi connectivity index (χ1v) is 12.2. The average Bonchev–Trinajstić information content (AvgIpc) is 3.64. The van der Waals surface area contributed by atoms with Crippen molar-refractivity contribution in [2.24, 2.45) is 0 Å². The Morgan fingerprint density at radius 3 is 1.74 bits per heavy atom. The van der Waals surface area contributed by atoms with Crippen LogP contribution in [0, 0.1) is 0 Å². The molecule has 7 amide bonds. The molecule has 1 atom stereocenters. The van der Waals surface area contributed by atoms with Crippen LogP contribution in [0.5, 0.6) is 0 Å². The van der Waals surface area contributed by atoms with Crippen LogP contribution >= 0.6 is 0 Å². The van der Waals surface area contributed by atoms with E-state index in [1.54, 1.807) is 24.3 Å². The molecule has 13 heteroatoms. The quantitative estimate of drug-likeness (QED) is 0.375. The second-order valence-electron chi connectivity index (χ2n) is 9.81. The van der Waals surface area contributed by atoms with Gasteiger partial charge in [-0.2, -0.15) is 0 Å². The van der Waals surface area contributed by atoms with Gasteiger partial charge >= 0.3 is 6.09 Å². The van der Waals surface area contributed by atoms with Crippen molar-refractivity contribution in [3.63, 3.8) is 0 Å². The third-order valence-electron chi connectivity index (χ3n) is 7.44. The Balaban J connectivity index is 0.000000147. The lowest BCUT2D eigenvalue weighted by Crippen LogP contribution is -2.54. The van der Waals surface area contributed by atoms with E-state index >= 15 is 0 Å². The zero-order valence-corrected chi connectivity index (χ0v) is 20.3. The fourth-order valence-corrected chi connectivity index (χ4v) is 5.47. The fourth-order valence-electron chi connectivity index (χ4n) is 5.47. The maximum atomic E-state index is 12.6.